The molecule has 2 N–H and O–H groups in total. The molecule has 0 bridgehead atoms. The molecule has 0 aliphatic carbocycles. The van der Waals surface area contributed by atoms with Gasteiger partial charge in [-0.05, 0) is 44.2 Å². The van der Waals surface area contributed by atoms with Gasteiger partial charge in [0, 0.05) is 54.5 Å². The molecule has 0 radical (unpaired) electrons. The number of benzene rings is 1. The van der Waals surface area contributed by atoms with Gasteiger partial charge in [-0.25, -0.2) is 14.4 Å². The number of hydrogen-bond donors (Lipinski definition) is 2. The molecular formula is C22H23FN6O2. The van der Waals surface area contributed by atoms with Gasteiger partial charge < -0.3 is 10.6 Å². The number of rotatable bonds is 9. The first-order chi connectivity index (χ1) is 14.8. The van der Waals surface area contributed by atoms with Crippen LogP contribution in [0.25, 0.3) is 16.9 Å². The van der Waals surface area contributed by atoms with E-state index >= 15 is 0 Å². The Bertz CT molecular complexity index is 1150. The maximum absolute atomic E-state index is 13.2. The second-order valence-electron chi connectivity index (χ2n) is 6.92. The molecule has 0 saturated heterocycles. The smallest absolute Gasteiger partial charge is 0.271 e. The van der Waals surface area contributed by atoms with Crippen molar-refractivity contribution in [2.75, 3.05) is 18.4 Å². The zero-order valence-electron chi connectivity index (χ0n) is 17.3. The molecule has 0 fully saturated rings. The van der Waals surface area contributed by atoms with Crippen LogP contribution in [0.15, 0.2) is 78.4 Å². The molecule has 0 saturated carbocycles. The minimum absolute atomic E-state index is 0.0245. The first-order valence-electron chi connectivity index (χ1n) is 9.62. The van der Waals surface area contributed by atoms with Crippen molar-refractivity contribution in [1.29, 1.82) is 0 Å². The van der Waals surface area contributed by atoms with Gasteiger partial charge in [0.25, 0.3) is 5.70 Å². The van der Waals surface area contributed by atoms with Crippen molar-refractivity contribution in [2.45, 2.75) is 13.8 Å². The molecule has 0 atom stereocenters. The van der Waals surface area contributed by atoms with Crippen LogP contribution in [-0.2, 0) is 0 Å². The van der Waals surface area contributed by atoms with Gasteiger partial charge in [-0.3, -0.25) is 14.5 Å². The number of halogens is 1. The summed E-state index contributed by atoms with van der Waals surface area (Å²) in [6.07, 6.45) is 6.57. The molecule has 0 amide bonds. The number of nitro groups is 1. The molecule has 0 unspecified atom stereocenters. The van der Waals surface area contributed by atoms with E-state index in [0.717, 1.165) is 16.9 Å². The third kappa shape index (κ3) is 5.53. The highest BCUT2D eigenvalue weighted by atomic mass is 19.1. The summed E-state index contributed by atoms with van der Waals surface area (Å²) in [5.74, 6) is 0.303. The van der Waals surface area contributed by atoms with E-state index in [1.54, 1.807) is 37.5 Å². The average Bonchev–Trinajstić information content (AvgIpc) is 3.20. The van der Waals surface area contributed by atoms with Crippen molar-refractivity contribution >= 4 is 11.6 Å². The SMILES string of the molecule is C=C(C)/C(=C\C=C(/C)NCCNc1nc(-c2ccc(F)cc2)cc2nccn12)[N+](=O)[O-]. The first-order valence-corrected chi connectivity index (χ1v) is 9.62. The summed E-state index contributed by atoms with van der Waals surface area (Å²) in [5.41, 5.74) is 3.34. The Kier molecular flexibility index (Phi) is 6.76. The summed E-state index contributed by atoms with van der Waals surface area (Å²) in [5, 5.41) is 17.4. The van der Waals surface area contributed by atoms with Crippen LogP contribution in [0.2, 0.25) is 0 Å². The fraction of sp³-hybridized carbons (Fsp3) is 0.182. The molecule has 8 nitrogen and oxygen atoms in total. The van der Waals surface area contributed by atoms with E-state index in [1.807, 2.05) is 17.4 Å². The quantitative estimate of drug-likeness (QED) is 0.232. The molecule has 0 aliphatic heterocycles. The van der Waals surface area contributed by atoms with E-state index in [2.05, 4.69) is 27.2 Å². The number of hydrogen-bond acceptors (Lipinski definition) is 6. The van der Waals surface area contributed by atoms with Gasteiger partial charge >= 0.3 is 0 Å². The standard InChI is InChI=1S/C22H23FN6O2/c1-15(2)20(29(30)31)9-4-16(3)24-10-11-26-22-27-19(14-21-25-12-13-28(21)22)17-5-7-18(23)8-6-17/h4-9,12-14,24H,1,10-11H2,2-3H3,(H,26,27)/b16-4+,20-9+. The summed E-state index contributed by atoms with van der Waals surface area (Å²) >= 11 is 0. The second kappa shape index (κ2) is 9.66. The molecule has 3 aromatic rings. The van der Waals surface area contributed by atoms with E-state index in [4.69, 9.17) is 0 Å². The van der Waals surface area contributed by atoms with Crippen molar-refractivity contribution < 1.29 is 9.31 Å². The third-order valence-electron chi connectivity index (χ3n) is 4.47. The minimum atomic E-state index is -0.455. The highest BCUT2D eigenvalue weighted by molar-refractivity contribution is 5.66. The second-order valence-corrected chi connectivity index (χ2v) is 6.92. The number of nitrogens with one attached hydrogen (secondary N) is 2. The minimum Gasteiger partial charge on any atom is -0.387 e. The van der Waals surface area contributed by atoms with E-state index in [1.165, 1.54) is 18.2 Å². The Morgan fingerprint density at radius 1 is 1.26 bits per heavy atom. The van der Waals surface area contributed by atoms with Crippen molar-refractivity contribution in [3.8, 4) is 11.3 Å². The lowest BCUT2D eigenvalue weighted by atomic mass is 10.1. The van der Waals surface area contributed by atoms with Crippen LogP contribution in [0, 0.1) is 15.9 Å². The normalized spacial score (nSPS) is 12.1. The van der Waals surface area contributed by atoms with E-state index in [9.17, 15) is 14.5 Å². The number of aromatic nitrogens is 3. The molecule has 0 aliphatic rings. The maximum atomic E-state index is 13.2. The lowest BCUT2D eigenvalue weighted by Gasteiger charge is -2.12. The number of anilines is 1. The predicted molar refractivity (Wildman–Crippen MR) is 119 cm³/mol. The van der Waals surface area contributed by atoms with Crippen LogP contribution in [0.1, 0.15) is 13.8 Å². The predicted octanol–water partition coefficient (Wildman–Crippen LogP) is 4.18. The van der Waals surface area contributed by atoms with Gasteiger partial charge in [-0.15, -0.1) is 0 Å². The van der Waals surface area contributed by atoms with Crippen LogP contribution >= 0.6 is 0 Å². The van der Waals surface area contributed by atoms with Crippen molar-refractivity contribution in [1.82, 2.24) is 19.7 Å². The molecule has 1 aromatic carbocycles. The summed E-state index contributed by atoms with van der Waals surface area (Å²) in [4.78, 5) is 19.5. The summed E-state index contributed by atoms with van der Waals surface area (Å²) in [6.45, 7) is 8.15. The van der Waals surface area contributed by atoms with Crippen molar-refractivity contribution in [2.24, 2.45) is 0 Å². The monoisotopic (exact) mass is 422 g/mol. The molecule has 2 heterocycles. The molecule has 0 spiro atoms. The maximum Gasteiger partial charge on any atom is 0.271 e. The van der Waals surface area contributed by atoms with Crippen LogP contribution in [0.3, 0.4) is 0 Å². The summed E-state index contributed by atoms with van der Waals surface area (Å²) in [7, 11) is 0. The summed E-state index contributed by atoms with van der Waals surface area (Å²) in [6, 6.07) is 7.98. The van der Waals surface area contributed by atoms with Crippen molar-refractivity contribution in [3.63, 3.8) is 0 Å². The van der Waals surface area contributed by atoms with Crippen LogP contribution in [-0.4, -0.2) is 32.4 Å². The Labute approximate surface area is 179 Å². The molecule has 31 heavy (non-hydrogen) atoms. The Balaban J connectivity index is 1.67. The number of imidazole rings is 1. The molecule has 160 valence electrons. The number of fused-ring (bicyclic) bond motifs is 1. The Hall–Kier alpha value is -4.01. The molecule has 3 rings (SSSR count). The number of nitrogens with zero attached hydrogens (tertiary/aromatic N) is 4. The highest BCUT2D eigenvalue weighted by Gasteiger charge is 2.10. The zero-order valence-corrected chi connectivity index (χ0v) is 17.3. The Morgan fingerprint density at radius 2 is 2.00 bits per heavy atom. The largest absolute Gasteiger partial charge is 0.387 e. The fourth-order valence-corrected chi connectivity index (χ4v) is 2.87. The third-order valence-corrected chi connectivity index (χ3v) is 4.47. The molecule has 2 aromatic heterocycles. The lowest BCUT2D eigenvalue weighted by Crippen LogP contribution is -2.22. The van der Waals surface area contributed by atoms with Gasteiger partial charge in [0.1, 0.15) is 11.5 Å². The topological polar surface area (TPSA) is 97.4 Å². The fourth-order valence-electron chi connectivity index (χ4n) is 2.87. The summed E-state index contributed by atoms with van der Waals surface area (Å²) < 4.78 is 15.1. The van der Waals surface area contributed by atoms with E-state index < -0.39 is 4.92 Å². The lowest BCUT2D eigenvalue weighted by molar-refractivity contribution is -0.420. The van der Waals surface area contributed by atoms with E-state index in [-0.39, 0.29) is 11.5 Å². The zero-order chi connectivity index (χ0) is 22.4. The van der Waals surface area contributed by atoms with Crippen LogP contribution in [0.4, 0.5) is 10.3 Å². The van der Waals surface area contributed by atoms with Crippen molar-refractivity contribution in [3.05, 3.63) is 94.4 Å². The number of allylic oxidation sites excluding steroid dienone is 4. The van der Waals surface area contributed by atoms with Gasteiger partial charge in [-0.2, -0.15) is 0 Å². The van der Waals surface area contributed by atoms with Gasteiger partial charge in [0.15, 0.2) is 0 Å². The Morgan fingerprint density at radius 3 is 2.68 bits per heavy atom. The van der Waals surface area contributed by atoms with Crippen LogP contribution < -0.4 is 10.6 Å². The molecular weight excluding hydrogens is 399 g/mol. The highest BCUT2D eigenvalue weighted by Crippen LogP contribution is 2.21. The van der Waals surface area contributed by atoms with Gasteiger partial charge in [0.05, 0.1) is 10.6 Å². The van der Waals surface area contributed by atoms with E-state index in [0.29, 0.717) is 30.3 Å². The van der Waals surface area contributed by atoms with Crippen LogP contribution in [0.5, 0.6) is 0 Å². The first kappa shape index (κ1) is 21.7. The molecule has 9 heteroatoms. The van der Waals surface area contributed by atoms with Gasteiger partial charge in [-0.1, -0.05) is 6.58 Å². The van der Waals surface area contributed by atoms with Gasteiger partial charge in [0.2, 0.25) is 5.95 Å². The average molecular weight is 422 g/mol.